The van der Waals surface area contributed by atoms with Gasteiger partial charge in [0.05, 0.1) is 16.2 Å². The van der Waals surface area contributed by atoms with E-state index in [1.165, 1.54) is 12.1 Å². The van der Waals surface area contributed by atoms with Crippen LogP contribution >= 0.6 is 12.2 Å². The van der Waals surface area contributed by atoms with Crippen LogP contribution in [0.2, 0.25) is 0 Å². The third-order valence-corrected chi connectivity index (χ3v) is 5.49. The summed E-state index contributed by atoms with van der Waals surface area (Å²) in [6.07, 6.45) is 1.14. The molecular formula is C24H15N3O7S. The molecule has 11 heteroatoms. The van der Waals surface area contributed by atoms with Crippen LogP contribution in [0, 0.1) is 10.1 Å². The summed E-state index contributed by atoms with van der Waals surface area (Å²) in [5.74, 6) is -0.179. The van der Waals surface area contributed by atoms with Crippen LogP contribution in [0.25, 0.3) is 6.08 Å². The Morgan fingerprint density at radius 2 is 1.71 bits per heavy atom. The molecule has 0 saturated carbocycles. The minimum atomic E-state index is -0.771. The Kier molecular flexibility index (Phi) is 5.59. The number of carbonyl (C=O) groups excluding carboxylic acids is 2. The fraction of sp³-hybridized carbons (Fsp3) is 0.0417. The summed E-state index contributed by atoms with van der Waals surface area (Å²) in [6.45, 7) is -0.165. The van der Waals surface area contributed by atoms with Gasteiger partial charge >= 0.3 is 5.69 Å². The summed E-state index contributed by atoms with van der Waals surface area (Å²) in [4.78, 5) is 38.1. The van der Waals surface area contributed by atoms with Crippen LogP contribution in [0.15, 0.2) is 72.3 Å². The first-order valence-corrected chi connectivity index (χ1v) is 10.6. The van der Waals surface area contributed by atoms with Crippen molar-refractivity contribution in [3.8, 4) is 23.0 Å². The summed E-state index contributed by atoms with van der Waals surface area (Å²) >= 11 is 5.22. The molecule has 3 aromatic carbocycles. The number of carbonyl (C=O) groups is 2. The van der Waals surface area contributed by atoms with Crippen molar-refractivity contribution in [3.05, 3.63) is 88.0 Å². The van der Waals surface area contributed by atoms with Crippen LogP contribution in [0.4, 0.5) is 11.4 Å². The summed E-state index contributed by atoms with van der Waals surface area (Å²) in [7, 11) is 0. The Morgan fingerprint density at radius 3 is 2.43 bits per heavy atom. The third-order valence-electron chi connectivity index (χ3n) is 5.20. The molecule has 0 bridgehead atoms. The van der Waals surface area contributed by atoms with E-state index in [0.29, 0.717) is 17.2 Å². The zero-order valence-corrected chi connectivity index (χ0v) is 18.6. The monoisotopic (exact) mass is 489 g/mol. The highest BCUT2D eigenvalue weighted by Gasteiger charge is 2.36. The molecule has 0 aliphatic carbocycles. The van der Waals surface area contributed by atoms with Gasteiger partial charge in [-0.25, -0.2) is 0 Å². The molecule has 1 saturated heterocycles. The zero-order chi connectivity index (χ0) is 24.5. The van der Waals surface area contributed by atoms with E-state index >= 15 is 0 Å². The van der Waals surface area contributed by atoms with Gasteiger partial charge in [-0.05, 0) is 66.8 Å². The average molecular weight is 489 g/mol. The molecular weight excluding hydrogens is 474 g/mol. The number of fused-ring (bicyclic) bond motifs is 1. The second-order valence-electron chi connectivity index (χ2n) is 7.36. The highest BCUT2D eigenvalue weighted by Crippen LogP contribution is 2.43. The number of ether oxygens (including phenoxy) is 3. The number of benzene rings is 3. The number of para-hydroxylation sites is 1. The number of nitro groups is 1. The van der Waals surface area contributed by atoms with Crippen molar-refractivity contribution in [2.45, 2.75) is 0 Å². The van der Waals surface area contributed by atoms with E-state index in [4.69, 9.17) is 26.4 Å². The Labute approximate surface area is 203 Å². The number of nitro benzene ring substituents is 1. The third kappa shape index (κ3) is 4.15. The number of hydrogen-bond donors (Lipinski definition) is 1. The lowest BCUT2D eigenvalue weighted by Gasteiger charge is -2.29. The lowest BCUT2D eigenvalue weighted by Crippen LogP contribution is -2.54. The van der Waals surface area contributed by atoms with Crippen molar-refractivity contribution < 1.29 is 28.7 Å². The van der Waals surface area contributed by atoms with Crippen LogP contribution < -0.4 is 24.4 Å². The molecule has 2 aliphatic rings. The Morgan fingerprint density at radius 1 is 1.00 bits per heavy atom. The fourth-order valence-electron chi connectivity index (χ4n) is 3.61. The fourth-order valence-corrected chi connectivity index (χ4v) is 3.89. The van der Waals surface area contributed by atoms with Crippen LogP contribution in [0.5, 0.6) is 23.0 Å². The Hall–Kier alpha value is -4.77. The quantitative estimate of drug-likeness (QED) is 0.188. The predicted molar refractivity (Wildman–Crippen MR) is 128 cm³/mol. The SMILES string of the molecule is O=C1NC(=S)N(c2ccc(Oc3ccccc3)cc2)C(=O)/C1=C/c1ccc2c(c1[N+](=O)[O-])OCO2. The zero-order valence-electron chi connectivity index (χ0n) is 17.8. The molecule has 0 atom stereocenters. The van der Waals surface area contributed by atoms with Crippen molar-refractivity contribution >= 4 is 46.6 Å². The normalized spacial score (nSPS) is 15.8. The molecule has 2 amide bonds. The Balaban J connectivity index is 1.47. The Bertz CT molecular complexity index is 1400. The molecule has 0 radical (unpaired) electrons. The van der Waals surface area contributed by atoms with Gasteiger partial charge in [0.1, 0.15) is 17.1 Å². The molecule has 35 heavy (non-hydrogen) atoms. The van der Waals surface area contributed by atoms with Crippen molar-refractivity contribution in [1.29, 1.82) is 0 Å². The van der Waals surface area contributed by atoms with E-state index in [-0.39, 0.29) is 34.5 Å². The molecule has 0 aromatic heterocycles. The lowest BCUT2D eigenvalue weighted by atomic mass is 10.0. The molecule has 2 aliphatic heterocycles. The summed E-state index contributed by atoms with van der Waals surface area (Å²) in [5.41, 5.74) is -0.344. The summed E-state index contributed by atoms with van der Waals surface area (Å²) in [5, 5.41) is 14.0. The average Bonchev–Trinajstić information content (AvgIpc) is 3.31. The maximum Gasteiger partial charge on any atom is 0.322 e. The topological polar surface area (TPSA) is 120 Å². The van der Waals surface area contributed by atoms with Crippen molar-refractivity contribution in [3.63, 3.8) is 0 Å². The molecule has 1 fully saturated rings. The second-order valence-corrected chi connectivity index (χ2v) is 7.75. The number of anilines is 1. The van der Waals surface area contributed by atoms with Gasteiger partial charge in [-0.2, -0.15) is 0 Å². The van der Waals surface area contributed by atoms with Gasteiger partial charge in [0.15, 0.2) is 10.9 Å². The minimum absolute atomic E-state index is 0.0112. The molecule has 2 heterocycles. The highest BCUT2D eigenvalue weighted by atomic mass is 32.1. The number of thiocarbonyl (C=S) groups is 1. The van der Waals surface area contributed by atoms with E-state index in [2.05, 4.69) is 5.32 Å². The summed E-state index contributed by atoms with van der Waals surface area (Å²) < 4.78 is 16.2. The summed E-state index contributed by atoms with van der Waals surface area (Å²) in [6, 6.07) is 18.6. The van der Waals surface area contributed by atoms with Gasteiger partial charge < -0.3 is 14.2 Å². The second kappa shape index (κ2) is 8.88. The molecule has 174 valence electrons. The van der Waals surface area contributed by atoms with Crippen LogP contribution in [-0.4, -0.2) is 28.6 Å². The van der Waals surface area contributed by atoms with E-state index in [1.54, 1.807) is 36.4 Å². The smallest absolute Gasteiger partial charge is 0.322 e. The van der Waals surface area contributed by atoms with E-state index in [0.717, 1.165) is 11.0 Å². The maximum atomic E-state index is 13.3. The number of rotatable bonds is 5. The largest absolute Gasteiger partial charge is 0.457 e. The van der Waals surface area contributed by atoms with Gasteiger partial charge in [-0.15, -0.1) is 0 Å². The van der Waals surface area contributed by atoms with Gasteiger partial charge in [0, 0.05) is 0 Å². The van der Waals surface area contributed by atoms with E-state index in [1.807, 2.05) is 18.2 Å². The van der Waals surface area contributed by atoms with Crippen LogP contribution in [0.1, 0.15) is 5.56 Å². The van der Waals surface area contributed by atoms with Crippen LogP contribution in [-0.2, 0) is 9.59 Å². The van der Waals surface area contributed by atoms with Gasteiger partial charge in [-0.1, -0.05) is 18.2 Å². The van der Waals surface area contributed by atoms with Gasteiger partial charge in [-0.3, -0.25) is 29.9 Å². The first-order chi connectivity index (χ1) is 16.9. The number of nitrogens with zero attached hydrogens (tertiary/aromatic N) is 2. The minimum Gasteiger partial charge on any atom is -0.457 e. The molecule has 5 rings (SSSR count). The predicted octanol–water partition coefficient (Wildman–Crippen LogP) is 3.95. The lowest BCUT2D eigenvalue weighted by molar-refractivity contribution is -0.385. The molecule has 0 unspecified atom stereocenters. The number of amides is 2. The van der Waals surface area contributed by atoms with Gasteiger partial charge in [0.25, 0.3) is 11.8 Å². The highest BCUT2D eigenvalue weighted by molar-refractivity contribution is 7.80. The molecule has 1 N–H and O–H groups in total. The first kappa shape index (κ1) is 22.0. The van der Waals surface area contributed by atoms with E-state index in [9.17, 15) is 19.7 Å². The van der Waals surface area contributed by atoms with Crippen LogP contribution in [0.3, 0.4) is 0 Å². The van der Waals surface area contributed by atoms with E-state index < -0.39 is 22.4 Å². The number of nitrogens with one attached hydrogen (secondary N) is 1. The maximum absolute atomic E-state index is 13.3. The van der Waals surface area contributed by atoms with Crippen molar-refractivity contribution in [1.82, 2.24) is 5.32 Å². The van der Waals surface area contributed by atoms with Crippen molar-refractivity contribution in [2.24, 2.45) is 0 Å². The molecule has 10 nitrogen and oxygen atoms in total. The molecule has 0 spiro atoms. The van der Waals surface area contributed by atoms with Gasteiger partial charge in [0.2, 0.25) is 12.5 Å². The number of hydrogen-bond acceptors (Lipinski definition) is 8. The first-order valence-electron chi connectivity index (χ1n) is 10.2. The van der Waals surface area contributed by atoms with Crippen molar-refractivity contribution in [2.75, 3.05) is 11.7 Å². The standard InChI is InChI=1S/C24H15N3O7S/c28-22-18(12-14-6-11-19-21(33-13-32-19)20(14)27(30)31)23(29)26(24(35)25-22)15-7-9-17(10-8-15)34-16-4-2-1-3-5-16/h1-12H,13H2,(H,25,28,35)/b18-12+. The molecule has 3 aromatic rings.